The van der Waals surface area contributed by atoms with Crippen molar-refractivity contribution in [2.75, 3.05) is 25.5 Å². The van der Waals surface area contributed by atoms with Gasteiger partial charge in [0.15, 0.2) is 0 Å². The van der Waals surface area contributed by atoms with E-state index in [0.717, 1.165) is 5.57 Å². The largest absolute Gasteiger partial charge is 0.383 e. The van der Waals surface area contributed by atoms with Crippen molar-refractivity contribution in [2.24, 2.45) is 7.05 Å². The molecule has 0 aromatic carbocycles. The van der Waals surface area contributed by atoms with Crippen LogP contribution in [0.5, 0.6) is 0 Å². The molecule has 0 radical (unpaired) electrons. The lowest BCUT2D eigenvalue weighted by Gasteiger charge is -2.05. The zero-order valence-electron chi connectivity index (χ0n) is 10.2. The maximum atomic E-state index is 11.7. The highest BCUT2D eigenvalue weighted by atomic mass is 16.5. The van der Waals surface area contributed by atoms with Gasteiger partial charge in [-0.05, 0) is 6.92 Å². The summed E-state index contributed by atoms with van der Waals surface area (Å²) < 4.78 is 6.70. The summed E-state index contributed by atoms with van der Waals surface area (Å²) in [6.45, 7) is 6.97. The fourth-order valence-electron chi connectivity index (χ4n) is 1.20. The highest BCUT2D eigenvalue weighted by Gasteiger charge is 2.12. The minimum atomic E-state index is -0.241. The second-order valence-corrected chi connectivity index (χ2v) is 3.83. The van der Waals surface area contributed by atoms with Crippen molar-refractivity contribution in [3.8, 4) is 0 Å². The molecule has 0 unspecified atom stereocenters. The predicted molar refractivity (Wildman–Crippen MR) is 65.6 cm³/mol. The van der Waals surface area contributed by atoms with Gasteiger partial charge in [0, 0.05) is 13.6 Å². The number of nitrogens with zero attached hydrogens (tertiary/aromatic N) is 2. The monoisotopic (exact) mass is 238 g/mol. The average molecular weight is 238 g/mol. The van der Waals surface area contributed by atoms with Crippen LogP contribution in [0.2, 0.25) is 0 Å². The smallest absolute Gasteiger partial charge is 0.256 e. The number of nitrogens with one attached hydrogen (secondary N) is 1. The third-order valence-corrected chi connectivity index (χ3v) is 2.11. The normalized spacial score (nSPS) is 10.2. The molecule has 0 aliphatic heterocycles. The molecular formula is C11H18N4O2. The molecule has 94 valence electrons. The lowest BCUT2D eigenvalue weighted by atomic mass is 10.3. The quantitative estimate of drug-likeness (QED) is 0.552. The van der Waals surface area contributed by atoms with E-state index in [1.807, 2.05) is 6.92 Å². The van der Waals surface area contributed by atoms with Crippen molar-refractivity contribution in [3.05, 3.63) is 23.9 Å². The van der Waals surface area contributed by atoms with Crippen LogP contribution in [-0.4, -0.2) is 35.4 Å². The van der Waals surface area contributed by atoms with E-state index in [9.17, 15) is 4.79 Å². The molecule has 6 heteroatoms. The third kappa shape index (κ3) is 3.92. The van der Waals surface area contributed by atoms with E-state index < -0.39 is 0 Å². The van der Waals surface area contributed by atoms with Gasteiger partial charge in [-0.25, -0.2) is 0 Å². The highest BCUT2D eigenvalue weighted by Crippen LogP contribution is 2.08. The first kappa shape index (κ1) is 13.2. The van der Waals surface area contributed by atoms with Crippen molar-refractivity contribution in [3.63, 3.8) is 0 Å². The number of nitrogens with two attached hydrogens (primary N) is 1. The molecule has 1 amide bonds. The van der Waals surface area contributed by atoms with E-state index in [1.54, 1.807) is 7.05 Å². The van der Waals surface area contributed by atoms with E-state index in [1.165, 1.54) is 10.9 Å². The van der Waals surface area contributed by atoms with Crippen LogP contribution in [0.25, 0.3) is 0 Å². The van der Waals surface area contributed by atoms with Crippen LogP contribution in [0.1, 0.15) is 17.3 Å². The maximum Gasteiger partial charge on any atom is 0.256 e. The Morgan fingerprint density at radius 3 is 2.94 bits per heavy atom. The molecule has 1 rings (SSSR count). The molecule has 0 fully saturated rings. The number of hydrogen-bond donors (Lipinski definition) is 2. The van der Waals surface area contributed by atoms with Gasteiger partial charge in [0.25, 0.3) is 5.91 Å². The van der Waals surface area contributed by atoms with E-state index in [2.05, 4.69) is 17.0 Å². The number of anilines is 1. The number of ether oxygens (including phenoxy) is 1. The van der Waals surface area contributed by atoms with Gasteiger partial charge in [-0.1, -0.05) is 12.2 Å². The second kappa shape index (κ2) is 6.05. The van der Waals surface area contributed by atoms with Crippen LogP contribution in [0.3, 0.4) is 0 Å². The van der Waals surface area contributed by atoms with Crippen molar-refractivity contribution in [2.45, 2.75) is 6.92 Å². The Hall–Kier alpha value is -1.82. The Morgan fingerprint density at radius 2 is 2.41 bits per heavy atom. The van der Waals surface area contributed by atoms with E-state index in [-0.39, 0.29) is 5.91 Å². The number of aryl methyl sites for hydroxylation is 1. The summed E-state index contributed by atoms with van der Waals surface area (Å²) in [4.78, 5) is 11.7. The summed E-state index contributed by atoms with van der Waals surface area (Å²) in [6.07, 6.45) is 1.44. The summed E-state index contributed by atoms with van der Waals surface area (Å²) in [5, 5.41) is 6.59. The number of nitrogen functional groups attached to an aromatic ring is 1. The number of carbonyl (C=O) groups is 1. The number of rotatable bonds is 6. The van der Waals surface area contributed by atoms with Crippen LogP contribution in [-0.2, 0) is 11.8 Å². The van der Waals surface area contributed by atoms with Crippen molar-refractivity contribution >= 4 is 11.7 Å². The number of hydrogen-bond acceptors (Lipinski definition) is 4. The zero-order valence-corrected chi connectivity index (χ0v) is 10.2. The molecule has 0 spiro atoms. The maximum absolute atomic E-state index is 11.7. The minimum absolute atomic E-state index is 0.241. The Morgan fingerprint density at radius 1 is 1.71 bits per heavy atom. The minimum Gasteiger partial charge on any atom is -0.383 e. The van der Waals surface area contributed by atoms with Gasteiger partial charge in [-0.15, -0.1) is 0 Å². The van der Waals surface area contributed by atoms with Crippen LogP contribution < -0.4 is 11.1 Å². The molecule has 0 aliphatic carbocycles. The molecule has 1 heterocycles. The first-order valence-electron chi connectivity index (χ1n) is 5.30. The highest BCUT2D eigenvalue weighted by molar-refractivity contribution is 5.98. The van der Waals surface area contributed by atoms with Crippen LogP contribution in [0.4, 0.5) is 5.82 Å². The lowest BCUT2D eigenvalue weighted by Crippen LogP contribution is -2.27. The molecular weight excluding hydrogens is 220 g/mol. The molecule has 0 aliphatic rings. The molecule has 0 bridgehead atoms. The fraction of sp³-hybridized carbons (Fsp3) is 0.455. The predicted octanol–water partition coefficient (Wildman–Crippen LogP) is 0.325. The second-order valence-electron chi connectivity index (χ2n) is 3.83. The molecule has 3 N–H and O–H groups in total. The van der Waals surface area contributed by atoms with Gasteiger partial charge in [0.1, 0.15) is 11.4 Å². The van der Waals surface area contributed by atoms with E-state index in [0.29, 0.717) is 31.1 Å². The SMILES string of the molecule is C=C(C)COCCNC(=O)c1cnn(C)c1N. The number of carbonyl (C=O) groups excluding carboxylic acids is 1. The van der Waals surface area contributed by atoms with Gasteiger partial charge >= 0.3 is 0 Å². The van der Waals surface area contributed by atoms with Crippen molar-refractivity contribution in [1.29, 1.82) is 0 Å². The van der Waals surface area contributed by atoms with Gasteiger partial charge in [-0.3, -0.25) is 9.48 Å². The zero-order chi connectivity index (χ0) is 12.8. The Bertz CT molecular complexity index is 412. The van der Waals surface area contributed by atoms with Crippen LogP contribution in [0, 0.1) is 0 Å². The Balaban J connectivity index is 2.31. The van der Waals surface area contributed by atoms with E-state index >= 15 is 0 Å². The van der Waals surface area contributed by atoms with Crippen molar-refractivity contribution < 1.29 is 9.53 Å². The average Bonchev–Trinajstić information content (AvgIpc) is 2.59. The molecule has 0 atom stereocenters. The fourth-order valence-corrected chi connectivity index (χ4v) is 1.20. The summed E-state index contributed by atoms with van der Waals surface area (Å²) in [7, 11) is 1.68. The van der Waals surface area contributed by atoms with Gasteiger partial charge in [-0.2, -0.15) is 5.10 Å². The lowest BCUT2D eigenvalue weighted by molar-refractivity contribution is 0.0927. The summed E-state index contributed by atoms with van der Waals surface area (Å²) in [6, 6.07) is 0. The number of aromatic nitrogens is 2. The molecule has 1 aromatic rings. The van der Waals surface area contributed by atoms with Crippen LogP contribution in [0.15, 0.2) is 18.3 Å². The van der Waals surface area contributed by atoms with Gasteiger partial charge in [0.05, 0.1) is 19.4 Å². The molecule has 17 heavy (non-hydrogen) atoms. The summed E-state index contributed by atoms with van der Waals surface area (Å²) >= 11 is 0. The topological polar surface area (TPSA) is 82.2 Å². The van der Waals surface area contributed by atoms with E-state index in [4.69, 9.17) is 10.5 Å². The Kier molecular flexibility index (Phi) is 4.71. The molecule has 0 saturated carbocycles. The summed E-state index contributed by atoms with van der Waals surface area (Å²) in [5.74, 6) is 0.111. The third-order valence-electron chi connectivity index (χ3n) is 2.11. The molecule has 0 saturated heterocycles. The molecule has 1 aromatic heterocycles. The molecule has 6 nitrogen and oxygen atoms in total. The number of amides is 1. The standard InChI is InChI=1S/C11H18N4O2/c1-8(2)7-17-5-4-13-11(16)9-6-14-15(3)10(9)12/h6H,1,4-5,7,12H2,2-3H3,(H,13,16). The summed E-state index contributed by atoms with van der Waals surface area (Å²) in [5.41, 5.74) is 7.00. The van der Waals surface area contributed by atoms with Crippen molar-refractivity contribution in [1.82, 2.24) is 15.1 Å². The first-order valence-corrected chi connectivity index (χ1v) is 5.30. The van der Waals surface area contributed by atoms with Gasteiger partial charge in [0.2, 0.25) is 0 Å². The van der Waals surface area contributed by atoms with Crippen LogP contribution >= 0.6 is 0 Å². The first-order chi connectivity index (χ1) is 8.02. The van der Waals surface area contributed by atoms with Gasteiger partial charge < -0.3 is 15.8 Å². The Labute approximate surface area is 100 Å².